The summed E-state index contributed by atoms with van der Waals surface area (Å²) in [6, 6.07) is 14.7. The van der Waals surface area contributed by atoms with Crippen LogP contribution in [-0.2, 0) is 11.4 Å². The minimum Gasteiger partial charge on any atom is -0.494 e. The number of piperidine rings is 1. The van der Waals surface area contributed by atoms with Gasteiger partial charge in [-0.1, -0.05) is 17.7 Å². The lowest BCUT2D eigenvalue weighted by Crippen LogP contribution is -2.34. The van der Waals surface area contributed by atoms with Gasteiger partial charge in [0, 0.05) is 29.3 Å². The number of fused-ring (bicyclic) bond motifs is 1. The lowest BCUT2D eigenvalue weighted by atomic mass is 9.97. The van der Waals surface area contributed by atoms with Crippen molar-refractivity contribution in [2.24, 2.45) is 5.92 Å². The topological polar surface area (TPSA) is 110 Å². The van der Waals surface area contributed by atoms with Gasteiger partial charge in [0.1, 0.15) is 30.3 Å². The molecule has 4 aromatic rings. The van der Waals surface area contributed by atoms with Crippen molar-refractivity contribution in [2.75, 3.05) is 30.8 Å². The predicted molar refractivity (Wildman–Crippen MR) is 144 cm³/mol. The molecule has 1 fully saturated rings. The summed E-state index contributed by atoms with van der Waals surface area (Å²) in [5.41, 5.74) is 2.79. The van der Waals surface area contributed by atoms with Gasteiger partial charge in [0.15, 0.2) is 0 Å². The van der Waals surface area contributed by atoms with Crippen LogP contribution in [0.25, 0.3) is 10.9 Å². The molecule has 0 unspecified atom stereocenters. The van der Waals surface area contributed by atoms with Crippen LogP contribution in [0.3, 0.4) is 0 Å². The molecule has 3 heterocycles. The van der Waals surface area contributed by atoms with Gasteiger partial charge in [-0.2, -0.15) is 0 Å². The second-order valence-electron chi connectivity index (χ2n) is 8.69. The van der Waals surface area contributed by atoms with Crippen LogP contribution in [0.2, 0.25) is 5.02 Å². The molecule has 0 aliphatic carbocycles. The number of benzene rings is 2. The number of carbonyl (C=O) groups excluding carboxylic acids is 1. The number of amides is 1. The van der Waals surface area contributed by atoms with Crippen LogP contribution >= 0.6 is 11.6 Å². The number of nitrogens with zero attached hydrogens (tertiary/aromatic N) is 3. The Labute approximate surface area is 219 Å². The minimum absolute atomic E-state index is 0.0152. The summed E-state index contributed by atoms with van der Waals surface area (Å²) in [5, 5.41) is 10.8. The first-order chi connectivity index (χ1) is 18.1. The highest BCUT2D eigenvalue weighted by atomic mass is 35.5. The molecule has 0 saturated carbocycles. The maximum absolute atomic E-state index is 12.9. The number of aromatic nitrogens is 3. The average molecular weight is 519 g/mol. The van der Waals surface area contributed by atoms with E-state index in [1.165, 1.54) is 6.33 Å². The Bertz CT molecular complexity index is 1400. The van der Waals surface area contributed by atoms with Crippen molar-refractivity contribution in [3.05, 3.63) is 71.8 Å². The Balaban J connectivity index is 1.36. The molecule has 9 nitrogen and oxygen atoms in total. The number of nitrogens with one attached hydrogen (secondary N) is 3. The molecule has 0 radical (unpaired) electrons. The number of ether oxygens (including phenoxy) is 2. The van der Waals surface area contributed by atoms with E-state index in [4.69, 9.17) is 21.1 Å². The summed E-state index contributed by atoms with van der Waals surface area (Å²) in [4.78, 5) is 26.0. The van der Waals surface area contributed by atoms with Gasteiger partial charge in [-0.15, -0.1) is 0 Å². The van der Waals surface area contributed by atoms with Crippen LogP contribution in [0.5, 0.6) is 11.5 Å². The van der Waals surface area contributed by atoms with Crippen LogP contribution in [-0.4, -0.2) is 41.1 Å². The summed E-state index contributed by atoms with van der Waals surface area (Å²) >= 11 is 6.49. The summed E-state index contributed by atoms with van der Waals surface area (Å²) in [6.45, 7) is 1.99. The quantitative estimate of drug-likeness (QED) is 0.300. The van der Waals surface area contributed by atoms with Crippen LogP contribution in [0.15, 0.2) is 61.1 Å². The van der Waals surface area contributed by atoms with Crippen molar-refractivity contribution < 1.29 is 14.3 Å². The molecular weight excluding hydrogens is 492 g/mol. The van der Waals surface area contributed by atoms with Crippen molar-refractivity contribution >= 4 is 45.6 Å². The first-order valence-corrected chi connectivity index (χ1v) is 12.4. The standard InChI is InChI=1S/C27H27ClN6O3/c1-36-25-14-22-20(13-23(25)34-27(35)17-7-10-29-11-8-17)26(32-16-31-22)33-18-5-6-24(21(28)12-18)37-15-19-4-2-3-9-30-19/h2-6,9,12-14,16-17,29H,7-8,10-11,15H2,1H3,(H,34,35)(H,31,32,33). The number of hydrogen-bond acceptors (Lipinski definition) is 8. The molecule has 1 aliphatic rings. The summed E-state index contributed by atoms with van der Waals surface area (Å²) in [6.07, 6.45) is 4.81. The minimum atomic E-state index is -0.0354. The van der Waals surface area contributed by atoms with Crippen molar-refractivity contribution in [1.29, 1.82) is 0 Å². The number of methoxy groups -OCH3 is 1. The number of rotatable bonds is 8. The SMILES string of the molecule is COc1cc2ncnc(Nc3ccc(OCc4ccccn4)c(Cl)c3)c2cc1NC(=O)C1CCNCC1. The van der Waals surface area contributed by atoms with Crippen molar-refractivity contribution in [3.63, 3.8) is 0 Å². The zero-order chi connectivity index (χ0) is 25.6. The zero-order valence-electron chi connectivity index (χ0n) is 20.3. The van der Waals surface area contributed by atoms with Gasteiger partial charge < -0.3 is 25.4 Å². The van der Waals surface area contributed by atoms with E-state index in [1.54, 1.807) is 31.5 Å². The van der Waals surface area contributed by atoms with E-state index in [2.05, 4.69) is 30.9 Å². The number of anilines is 3. The van der Waals surface area contributed by atoms with Gasteiger partial charge in [0.2, 0.25) is 5.91 Å². The smallest absolute Gasteiger partial charge is 0.227 e. The fourth-order valence-corrected chi connectivity index (χ4v) is 4.47. The van der Waals surface area contributed by atoms with E-state index in [0.717, 1.165) is 42.7 Å². The summed E-state index contributed by atoms with van der Waals surface area (Å²) in [5.74, 6) is 1.61. The summed E-state index contributed by atoms with van der Waals surface area (Å²) in [7, 11) is 1.57. The third-order valence-corrected chi connectivity index (χ3v) is 6.52. The average Bonchev–Trinajstić information content (AvgIpc) is 2.93. The van der Waals surface area contributed by atoms with Crippen molar-refractivity contribution in [3.8, 4) is 11.5 Å². The van der Waals surface area contributed by atoms with E-state index < -0.39 is 0 Å². The van der Waals surface area contributed by atoms with Gasteiger partial charge in [-0.3, -0.25) is 9.78 Å². The predicted octanol–water partition coefficient (Wildman–Crippen LogP) is 4.95. The molecule has 3 N–H and O–H groups in total. The third kappa shape index (κ3) is 5.90. The highest BCUT2D eigenvalue weighted by Gasteiger charge is 2.22. The van der Waals surface area contributed by atoms with Gasteiger partial charge in [0.25, 0.3) is 0 Å². The van der Waals surface area contributed by atoms with Crippen LogP contribution < -0.4 is 25.4 Å². The molecule has 0 atom stereocenters. The Kier molecular flexibility index (Phi) is 7.62. The fraction of sp³-hybridized carbons (Fsp3) is 0.259. The number of carbonyl (C=O) groups is 1. The van der Waals surface area contributed by atoms with Gasteiger partial charge >= 0.3 is 0 Å². The Morgan fingerprint density at radius 1 is 1.08 bits per heavy atom. The van der Waals surface area contributed by atoms with Crippen molar-refractivity contribution in [1.82, 2.24) is 20.3 Å². The van der Waals surface area contributed by atoms with Crippen LogP contribution in [0, 0.1) is 5.92 Å². The van der Waals surface area contributed by atoms with Crippen LogP contribution in [0.4, 0.5) is 17.2 Å². The van der Waals surface area contributed by atoms with Crippen molar-refractivity contribution in [2.45, 2.75) is 19.4 Å². The fourth-order valence-electron chi connectivity index (χ4n) is 4.24. The highest BCUT2D eigenvalue weighted by molar-refractivity contribution is 6.32. The number of pyridine rings is 1. The van der Waals surface area contributed by atoms with Gasteiger partial charge in [0.05, 0.1) is 29.0 Å². The van der Waals surface area contributed by atoms with E-state index in [-0.39, 0.29) is 11.8 Å². The molecule has 37 heavy (non-hydrogen) atoms. The highest BCUT2D eigenvalue weighted by Crippen LogP contribution is 2.35. The monoisotopic (exact) mass is 518 g/mol. The molecule has 2 aromatic carbocycles. The van der Waals surface area contributed by atoms with E-state index in [9.17, 15) is 4.79 Å². The molecule has 1 aliphatic heterocycles. The van der Waals surface area contributed by atoms with E-state index in [0.29, 0.717) is 40.2 Å². The second kappa shape index (κ2) is 11.4. The second-order valence-corrected chi connectivity index (χ2v) is 9.09. The molecule has 0 spiro atoms. The third-order valence-electron chi connectivity index (χ3n) is 6.22. The maximum atomic E-state index is 12.9. The largest absolute Gasteiger partial charge is 0.494 e. The lowest BCUT2D eigenvalue weighted by molar-refractivity contribution is -0.120. The van der Waals surface area contributed by atoms with E-state index >= 15 is 0 Å². The first-order valence-electron chi connectivity index (χ1n) is 12.0. The maximum Gasteiger partial charge on any atom is 0.227 e. The van der Waals surface area contributed by atoms with E-state index in [1.807, 2.05) is 30.3 Å². The number of hydrogen-bond donors (Lipinski definition) is 3. The molecular formula is C27H27ClN6O3. The molecule has 0 bridgehead atoms. The zero-order valence-corrected chi connectivity index (χ0v) is 21.1. The van der Waals surface area contributed by atoms with Gasteiger partial charge in [-0.05, 0) is 62.3 Å². The molecule has 1 saturated heterocycles. The lowest BCUT2D eigenvalue weighted by Gasteiger charge is -2.22. The Morgan fingerprint density at radius 2 is 1.95 bits per heavy atom. The molecule has 2 aromatic heterocycles. The first kappa shape index (κ1) is 24.7. The Morgan fingerprint density at radius 3 is 2.70 bits per heavy atom. The Hall–Kier alpha value is -3.95. The van der Waals surface area contributed by atoms with Crippen LogP contribution in [0.1, 0.15) is 18.5 Å². The normalized spacial score (nSPS) is 13.8. The molecule has 190 valence electrons. The number of halogens is 1. The summed E-state index contributed by atoms with van der Waals surface area (Å²) < 4.78 is 11.4. The molecule has 1 amide bonds. The van der Waals surface area contributed by atoms with Gasteiger partial charge in [-0.25, -0.2) is 9.97 Å². The molecule has 10 heteroatoms. The molecule has 5 rings (SSSR count).